The van der Waals surface area contributed by atoms with Gasteiger partial charge in [-0.1, -0.05) is 12.1 Å². The second kappa shape index (κ2) is 6.06. The number of carbonyl (C=O) groups is 1. The first-order valence-electron chi connectivity index (χ1n) is 7.55. The summed E-state index contributed by atoms with van der Waals surface area (Å²) in [6, 6.07) is 9.01. The maximum atomic E-state index is 11.2. The second-order valence-corrected chi connectivity index (χ2v) is 6.85. The van der Waals surface area contributed by atoms with Gasteiger partial charge in [0.15, 0.2) is 0 Å². The third kappa shape index (κ3) is 3.56. The van der Waals surface area contributed by atoms with Crippen LogP contribution in [0.3, 0.4) is 0 Å². The Bertz CT molecular complexity index is 511. The Morgan fingerprint density at radius 2 is 2.10 bits per heavy atom. The van der Waals surface area contributed by atoms with Crippen LogP contribution in [-0.4, -0.2) is 37.8 Å². The zero-order chi connectivity index (χ0) is 15.6. The fourth-order valence-electron chi connectivity index (χ4n) is 2.64. The number of nitrogens with zero attached hydrogens (tertiary/aromatic N) is 1. The van der Waals surface area contributed by atoms with Crippen LogP contribution in [0.15, 0.2) is 24.3 Å². The Kier molecular flexibility index (Phi) is 4.57. The zero-order valence-electron chi connectivity index (χ0n) is 13.4. The van der Waals surface area contributed by atoms with Gasteiger partial charge in [0.25, 0.3) is 0 Å². The predicted octanol–water partition coefficient (Wildman–Crippen LogP) is 2.70. The zero-order valence-corrected chi connectivity index (χ0v) is 13.4. The predicted molar refractivity (Wildman–Crippen MR) is 86.0 cm³/mol. The van der Waals surface area contributed by atoms with Gasteiger partial charge in [0.2, 0.25) is 0 Å². The van der Waals surface area contributed by atoms with Crippen molar-refractivity contribution in [2.75, 3.05) is 25.5 Å². The molecule has 0 spiro atoms. The molecular weight excluding hydrogens is 264 g/mol. The van der Waals surface area contributed by atoms with Crippen LogP contribution in [0.25, 0.3) is 0 Å². The Balaban J connectivity index is 1.99. The summed E-state index contributed by atoms with van der Waals surface area (Å²) in [6.07, 6.45) is 2.29. The number of benzene rings is 1. The minimum Gasteiger partial charge on any atom is -0.481 e. The normalized spacial score (nSPS) is 21.7. The number of hydrogen-bond donors (Lipinski definition) is 2. The van der Waals surface area contributed by atoms with E-state index in [2.05, 4.69) is 34.5 Å². The van der Waals surface area contributed by atoms with E-state index >= 15 is 0 Å². The summed E-state index contributed by atoms with van der Waals surface area (Å²) in [5, 5.41) is 12.6. The molecule has 1 aromatic carbocycles. The SMILES string of the molecule is CN(C)c1cccc(C2CCC2NCC(C)(C)C(=O)O)c1. The lowest BCUT2D eigenvalue weighted by atomic mass is 9.74. The molecule has 1 saturated carbocycles. The summed E-state index contributed by atoms with van der Waals surface area (Å²) in [7, 11) is 4.09. The molecule has 1 aliphatic rings. The molecule has 4 heteroatoms. The van der Waals surface area contributed by atoms with E-state index in [1.165, 1.54) is 17.7 Å². The summed E-state index contributed by atoms with van der Waals surface area (Å²) in [6.45, 7) is 4.04. The number of hydrogen-bond acceptors (Lipinski definition) is 3. The number of anilines is 1. The Morgan fingerprint density at radius 1 is 1.38 bits per heavy atom. The largest absolute Gasteiger partial charge is 0.481 e. The van der Waals surface area contributed by atoms with Crippen molar-refractivity contribution in [3.05, 3.63) is 29.8 Å². The first kappa shape index (κ1) is 15.8. The number of nitrogens with one attached hydrogen (secondary N) is 1. The third-order valence-electron chi connectivity index (χ3n) is 4.47. The molecule has 0 bridgehead atoms. The Hall–Kier alpha value is -1.55. The summed E-state index contributed by atoms with van der Waals surface area (Å²) < 4.78 is 0. The second-order valence-electron chi connectivity index (χ2n) is 6.85. The van der Waals surface area contributed by atoms with Gasteiger partial charge in [-0.05, 0) is 50.3 Å². The summed E-state index contributed by atoms with van der Waals surface area (Å²) in [5.74, 6) is -0.255. The number of rotatable bonds is 6. The van der Waals surface area contributed by atoms with Crippen LogP contribution >= 0.6 is 0 Å². The third-order valence-corrected chi connectivity index (χ3v) is 4.47. The molecule has 2 rings (SSSR count). The van der Waals surface area contributed by atoms with Gasteiger partial charge in [-0.2, -0.15) is 0 Å². The van der Waals surface area contributed by atoms with Crippen molar-refractivity contribution in [2.45, 2.75) is 38.6 Å². The van der Waals surface area contributed by atoms with Crippen LogP contribution in [0.2, 0.25) is 0 Å². The van der Waals surface area contributed by atoms with Gasteiger partial charge in [0.05, 0.1) is 5.41 Å². The van der Waals surface area contributed by atoms with E-state index < -0.39 is 11.4 Å². The molecule has 4 nitrogen and oxygen atoms in total. The van der Waals surface area contributed by atoms with Gasteiger partial charge in [-0.3, -0.25) is 4.79 Å². The maximum Gasteiger partial charge on any atom is 0.310 e. The topological polar surface area (TPSA) is 52.6 Å². The molecule has 0 aromatic heterocycles. The van der Waals surface area contributed by atoms with Crippen molar-refractivity contribution in [3.63, 3.8) is 0 Å². The molecule has 1 aromatic rings. The van der Waals surface area contributed by atoms with Gasteiger partial charge >= 0.3 is 5.97 Å². The van der Waals surface area contributed by atoms with Crippen LogP contribution < -0.4 is 10.2 Å². The Morgan fingerprint density at radius 3 is 2.62 bits per heavy atom. The highest BCUT2D eigenvalue weighted by Gasteiger charge is 2.35. The van der Waals surface area contributed by atoms with Crippen molar-refractivity contribution < 1.29 is 9.90 Å². The molecule has 1 fully saturated rings. The van der Waals surface area contributed by atoms with E-state index in [0.29, 0.717) is 18.5 Å². The van der Waals surface area contributed by atoms with Crippen molar-refractivity contribution in [1.82, 2.24) is 5.32 Å². The van der Waals surface area contributed by atoms with Crippen molar-refractivity contribution in [2.24, 2.45) is 5.41 Å². The fourth-order valence-corrected chi connectivity index (χ4v) is 2.64. The minimum atomic E-state index is -0.750. The maximum absolute atomic E-state index is 11.2. The molecule has 0 saturated heterocycles. The molecule has 0 amide bonds. The monoisotopic (exact) mass is 290 g/mol. The molecule has 1 aliphatic carbocycles. The molecule has 2 N–H and O–H groups in total. The first-order valence-corrected chi connectivity index (χ1v) is 7.55. The number of carboxylic acids is 1. The molecule has 0 heterocycles. The first-order chi connectivity index (χ1) is 9.81. The molecular formula is C17H26N2O2. The van der Waals surface area contributed by atoms with Gasteiger partial charge < -0.3 is 15.3 Å². The highest BCUT2D eigenvalue weighted by molar-refractivity contribution is 5.73. The van der Waals surface area contributed by atoms with Crippen LogP contribution in [0.5, 0.6) is 0 Å². The Labute approximate surface area is 127 Å². The molecule has 0 radical (unpaired) electrons. The minimum absolute atomic E-state index is 0.390. The highest BCUT2D eigenvalue weighted by Crippen LogP contribution is 2.38. The van der Waals surface area contributed by atoms with Crippen molar-refractivity contribution in [3.8, 4) is 0 Å². The van der Waals surface area contributed by atoms with Gasteiger partial charge in [-0.25, -0.2) is 0 Å². The molecule has 0 aliphatic heterocycles. The quantitative estimate of drug-likeness (QED) is 0.846. The van der Waals surface area contributed by atoms with Crippen LogP contribution in [0.1, 0.15) is 38.2 Å². The fraction of sp³-hybridized carbons (Fsp3) is 0.588. The van der Waals surface area contributed by atoms with E-state index in [0.717, 1.165) is 6.42 Å². The highest BCUT2D eigenvalue weighted by atomic mass is 16.4. The lowest BCUT2D eigenvalue weighted by Crippen LogP contribution is -2.47. The molecule has 116 valence electrons. The summed E-state index contributed by atoms with van der Waals surface area (Å²) in [4.78, 5) is 13.3. The molecule has 2 atom stereocenters. The van der Waals surface area contributed by atoms with Crippen LogP contribution in [-0.2, 0) is 4.79 Å². The van der Waals surface area contributed by atoms with Crippen LogP contribution in [0, 0.1) is 5.41 Å². The van der Waals surface area contributed by atoms with Gasteiger partial charge in [0.1, 0.15) is 0 Å². The van der Waals surface area contributed by atoms with E-state index in [1.807, 2.05) is 14.1 Å². The number of carboxylic acid groups (broad SMARTS) is 1. The summed E-state index contributed by atoms with van der Waals surface area (Å²) in [5.41, 5.74) is 1.84. The molecule has 2 unspecified atom stereocenters. The number of aliphatic carboxylic acids is 1. The standard InChI is InChI=1S/C17H26N2O2/c1-17(2,16(20)21)11-18-15-9-8-14(15)12-6-5-7-13(10-12)19(3)4/h5-7,10,14-15,18H,8-9,11H2,1-4H3,(H,20,21). The van der Waals surface area contributed by atoms with E-state index in [-0.39, 0.29) is 0 Å². The average Bonchev–Trinajstić information content (AvgIpc) is 2.37. The van der Waals surface area contributed by atoms with Crippen molar-refractivity contribution in [1.29, 1.82) is 0 Å². The van der Waals surface area contributed by atoms with Crippen LogP contribution in [0.4, 0.5) is 5.69 Å². The lowest BCUT2D eigenvalue weighted by molar-refractivity contribution is -0.146. The van der Waals surface area contributed by atoms with Crippen molar-refractivity contribution >= 4 is 11.7 Å². The van der Waals surface area contributed by atoms with Gasteiger partial charge in [0, 0.05) is 32.4 Å². The van der Waals surface area contributed by atoms with Gasteiger partial charge in [-0.15, -0.1) is 0 Å². The van der Waals surface area contributed by atoms with E-state index in [1.54, 1.807) is 13.8 Å². The smallest absolute Gasteiger partial charge is 0.310 e. The van der Waals surface area contributed by atoms with E-state index in [9.17, 15) is 9.90 Å². The van der Waals surface area contributed by atoms with E-state index in [4.69, 9.17) is 0 Å². The molecule has 21 heavy (non-hydrogen) atoms. The summed E-state index contributed by atoms with van der Waals surface area (Å²) >= 11 is 0. The average molecular weight is 290 g/mol. The lowest BCUT2D eigenvalue weighted by Gasteiger charge is -2.39.